The SMILES string of the molecule is CCCCCCCCCCC(O)CN(CCNCCC)CC(O)CCCCCCCCCC. The molecule has 0 aliphatic rings. The van der Waals surface area contributed by atoms with Gasteiger partial charge in [0.1, 0.15) is 0 Å². The molecule has 0 bridgehead atoms. The lowest BCUT2D eigenvalue weighted by Gasteiger charge is -2.27. The number of hydrogen-bond donors (Lipinski definition) is 3. The van der Waals surface area contributed by atoms with E-state index in [4.69, 9.17) is 0 Å². The molecule has 0 saturated heterocycles. The first kappa shape index (κ1) is 32.8. The highest BCUT2D eigenvalue weighted by Gasteiger charge is 2.15. The lowest BCUT2D eigenvalue weighted by molar-refractivity contribution is 0.0610. The Morgan fingerprint density at radius 1 is 0.515 bits per heavy atom. The minimum Gasteiger partial charge on any atom is -0.392 e. The van der Waals surface area contributed by atoms with Crippen LogP contribution >= 0.6 is 0 Å². The summed E-state index contributed by atoms with van der Waals surface area (Å²) in [5.74, 6) is 0. The van der Waals surface area contributed by atoms with Gasteiger partial charge in [0, 0.05) is 26.2 Å². The summed E-state index contributed by atoms with van der Waals surface area (Å²) in [6, 6.07) is 0. The van der Waals surface area contributed by atoms with Crippen molar-refractivity contribution in [2.75, 3.05) is 32.7 Å². The zero-order valence-electron chi connectivity index (χ0n) is 23.0. The van der Waals surface area contributed by atoms with Crippen LogP contribution in [-0.4, -0.2) is 60.0 Å². The van der Waals surface area contributed by atoms with Gasteiger partial charge >= 0.3 is 0 Å². The lowest BCUT2D eigenvalue weighted by atomic mass is 10.0. The third-order valence-corrected chi connectivity index (χ3v) is 6.75. The molecule has 0 fully saturated rings. The molecule has 0 spiro atoms. The molecular formula is C29H62N2O2. The van der Waals surface area contributed by atoms with E-state index in [1.165, 1.54) is 89.9 Å². The number of rotatable bonds is 27. The molecular weight excluding hydrogens is 408 g/mol. The van der Waals surface area contributed by atoms with Crippen LogP contribution in [-0.2, 0) is 0 Å². The summed E-state index contributed by atoms with van der Waals surface area (Å²) in [4.78, 5) is 2.29. The van der Waals surface area contributed by atoms with Crippen molar-refractivity contribution < 1.29 is 10.2 Å². The van der Waals surface area contributed by atoms with Crippen molar-refractivity contribution in [1.82, 2.24) is 10.2 Å². The topological polar surface area (TPSA) is 55.7 Å². The molecule has 2 unspecified atom stereocenters. The number of hydrogen-bond acceptors (Lipinski definition) is 4. The molecule has 0 aromatic rings. The molecule has 0 rings (SSSR count). The summed E-state index contributed by atoms with van der Waals surface area (Å²) >= 11 is 0. The minimum atomic E-state index is -0.272. The van der Waals surface area contributed by atoms with E-state index in [-0.39, 0.29) is 12.2 Å². The average molecular weight is 471 g/mol. The third kappa shape index (κ3) is 24.8. The second-order valence-corrected chi connectivity index (χ2v) is 10.3. The van der Waals surface area contributed by atoms with Crippen molar-refractivity contribution in [3.8, 4) is 0 Å². The van der Waals surface area contributed by atoms with Gasteiger partial charge in [-0.2, -0.15) is 0 Å². The van der Waals surface area contributed by atoms with Crippen molar-refractivity contribution in [2.45, 2.75) is 155 Å². The summed E-state index contributed by atoms with van der Waals surface area (Å²) in [7, 11) is 0. The van der Waals surface area contributed by atoms with Crippen molar-refractivity contribution in [3.05, 3.63) is 0 Å². The molecule has 0 aliphatic heterocycles. The van der Waals surface area contributed by atoms with Gasteiger partial charge in [-0.3, -0.25) is 4.90 Å². The Bertz CT molecular complexity index is 340. The Balaban J connectivity index is 4.04. The van der Waals surface area contributed by atoms with Gasteiger partial charge < -0.3 is 15.5 Å². The highest BCUT2D eigenvalue weighted by molar-refractivity contribution is 4.71. The molecule has 0 amide bonds. The van der Waals surface area contributed by atoms with Gasteiger partial charge in [-0.05, 0) is 25.8 Å². The van der Waals surface area contributed by atoms with Gasteiger partial charge in [0.05, 0.1) is 12.2 Å². The Labute approximate surface area is 208 Å². The Hall–Kier alpha value is -0.160. The van der Waals surface area contributed by atoms with E-state index in [1.807, 2.05) is 0 Å². The van der Waals surface area contributed by atoms with Crippen LogP contribution in [0.25, 0.3) is 0 Å². The molecule has 4 heteroatoms. The molecule has 0 radical (unpaired) electrons. The fraction of sp³-hybridized carbons (Fsp3) is 1.00. The minimum absolute atomic E-state index is 0.272. The standard InChI is InChI=1S/C29H62N2O2/c1-4-7-9-11-13-15-17-19-21-28(32)26-31(25-24-30-23-6-3)27-29(33)22-20-18-16-14-12-10-8-5-2/h28-30,32-33H,4-27H2,1-3H3. The summed E-state index contributed by atoms with van der Waals surface area (Å²) in [6.45, 7) is 11.0. The monoisotopic (exact) mass is 470 g/mol. The first-order chi connectivity index (χ1) is 16.1. The second kappa shape index (κ2) is 26.4. The maximum atomic E-state index is 10.6. The van der Waals surface area contributed by atoms with E-state index in [0.717, 1.165) is 51.7 Å². The quantitative estimate of drug-likeness (QED) is 0.112. The van der Waals surface area contributed by atoms with Gasteiger partial charge in [-0.1, -0.05) is 124 Å². The van der Waals surface area contributed by atoms with Crippen LogP contribution in [0.15, 0.2) is 0 Å². The van der Waals surface area contributed by atoms with Gasteiger partial charge in [-0.15, -0.1) is 0 Å². The maximum Gasteiger partial charge on any atom is 0.0667 e. The lowest BCUT2D eigenvalue weighted by Crippen LogP contribution is -2.41. The maximum absolute atomic E-state index is 10.6. The van der Waals surface area contributed by atoms with Gasteiger partial charge in [0.25, 0.3) is 0 Å². The van der Waals surface area contributed by atoms with Gasteiger partial charge in [0.15, 0.2) is 0 Å². The van der Waals surface area contributed by atoms with Crippen LogP contribution in [0.3, 0.4) is 0 Å². The summed E-state index contributed by atoms with van der Waals surface area (Å²) < 4.78 is 0. The number of aliphatic hydroxyl groups excluding tert-OH is 2. The molecule has 0 aromatic carbocycles. The van der Waals surface area contributed by atoms with Crippen LogP contribution < -0.4 is 5.32 Å². The van der Waals surface area contributed by atoms with Gasteiger partial charge in [0.2, 0.25) is 0 Å². The predicted molar refractivity (Wildman–Crippen MR) is 146 cm³/mol. The van der Waals surface area contributed by atoms with Crippen LogP contribution in [0.5, 0.6) is 0 Å². The summed E-state index contributed by atoms with van der Waals surface area (Å²) in [5, 5.41) is 24.7. The number of nitrogens with zero attached hydrogens (tertiary/aromatic N) is 1. The van der Waals surface area contributed by atoms with E-state index < -0.39 is 0 Å². The van der Waals surface area contributed by atoms with E-state index in [2.05, 4.69) is 31.0 Å². The van der Waals surface area contributed by atoms with E-state index in [9.17, 15) is 10.2 Å². The highest BCUT2D eigenvalue weighted by atomic mass is 16.3. The Morgan fingerprint density at radius 3 is 1.30 bits per heavy atom. The van der Waals surface area contributed by atoms with Crippen LogP contribution in [0.1, 0.15) is 143 Å². The third-order valence-electron chi connectivity index (χ3n) is 6.75. The van der Waals surface area contributed by atoms with E-state index >= 15 is 0 Å². The zero-order chi connectivity index (χ0) is 24.4. The zero-order valence-corrected chi connectivity index (χ0v) is 23.0. The number of aliphatic hydroxyl groups is 2. The molecule has 200 valence electrons. The normalized spacial score (nSPS) is 13.6. The first-order valence-corrected chi connectivity index (χ1v) is 14.9. The van der Waals surface area contributed by atoms with E-state index in [1.54, 1.807) is 0 Å². The van der Waals surface area contributed by atoms with Crippen molar-refractivity contribution in [3.63, 3.8) is 0 Å². The average Bonchev–Trinajstić information content (AvgIpc) is 2.80. The van der Waals surface area contributed by atoms with E-state index in [0.29, 0.717) is 13.1 Å². The summed E-state index contributed by atoms with van der Waals surface area (Å²) in [5.41, 5.74) is 0. The second-order valence-electron chi connectivity index (χ2n) is 10.3. The molecule has 33 heavy (non-hydrogen) atoms. The number of nitrogens with one attached hydrogen (secondary N) is 1. The summed E-state index contributed by atoms with van der Waals surface area (Å²) in [6.07, 6.45) is 23.2. The smallest absolute Gasteiger partial charge is 0.0667 e. The molecule has 3 N–H and O–H groups in total. The van der Waals surface area contributed by atoms with Crippen LogP contribution in [0.4, 0.5) is 0 Å². The van der Waals surface area contributed by atoms with Crippen molar-refractivity contribution >= 4 is 0 Å². The van der Waals surface area contributed by atoms with Crippen LogP contribution in [0.2, 0.25) is 0 Å². The molecule has 2 atom stereocenters. The largest absolute Gasteiger partial charge is 0.392 e. The van der Waals surface area contributed by atoms with Crippen LogP contribution in [0, 0.1) is 0 Å². The Morgan fingerprint density at radius 2 is 0.909 bits per heavy atom. The molecule has 0 saturated carbocycles. The van der Waals surface area contributed by atoms with Gasteiger partial charge in [-0.25, -0.2) is 0 Å². The fourth-order valence-electron chi connectivity index (χ4n) is 4.60. The predicted octanol–water partition coefficient (Wildman–Crippen LogP) is 7.07. The highest BCUT2D eigenvalue weighted by Crippen LogP contribution is 2.13. The van der Waals surface area contributed by atoms with Crippen molar-refractivity contribution in [1.29, 1.82) is 0 Å². The fourth-order valence-corrected chi connectivity index (χ4v) is 4.60. The molecule has 4 nitrogen and oxygen atoms in total. The molecule has 0 aliphatic carbocycles. The molecule has 0 aromatic heterocycles. The van der Waals surface area contributed by atoms with Crippen molar-refractivity contribution in [2.24, 2.45) is 0 Å². The number of unbranched alkanes of at least 4 members (excludes halogenated alkanes) is 14. The molecule has 0 heterocycles. The first-order valence-electron chi connectivity index (χ1n) is 14.9. The Kier molecular flexibility index (Phi) is 26.3.